The van der Waals surface area contributed by atoms with Crippen molar-refractivity contribution < 1.29 is 0 Å². The Morgan fingerprint density at radius 2 is 1.75 bits per heavy atom. The number of hydrogen-bond acceptors (Lipinski definition) is 6. The van der Waals surface area contributed by atoms with E-state index in [1.807, 2.05) is 24.3 Å². The highest BCUT2D eigenvalue weighted by atomic mass is 32.2. The predicted octanol–water partition coefficient (Wildman–Crippen LogP) is 6.01. The van der Waals surface area contributed by atoms with Gasteiger partial charge in [0, 0.05) is 6.54 Å². The third-order valence-corrected chi connectivity index (χ3v) is 7.33. The molecule has 28 heavy (non-hydrogen) atoms. The fourth-order valence-corrected chi connectivity index (χ4v) is 5.76. The number of para-hydroxylation sites is 1. The Labute approximate surface area is 174 Å². The molecule has 3 heterocycles. The Kier molecular flexibility index (Phi) is 4.95. The zero-order valence-corrected chi connectivity index (χ0v) is 17.3. The number of rotatable bonds is 6. The first-order valence-corrected chi connectivity index (χ1v) is 11.4. The summed E-state index contributed by atoms with van der Waals surface area (Å²) in [7, 11) is 0. The van der Waals surface area contributed by atoms with E-state index in [1.54, 1.807) is 34.4 Å². The average molecular weight is 421 g/mol. The molecule has 0 radical (unpaired) electrons. The van der Waals surface area contributed by atoms with Gasteiger partial charge in [0.1, 0.15) is 0 Å². The van der Waals surface area contributed by atoms with Gasteiger partial charge in [-0.1, -0.05) is 48.5 Å². The molecule has 2 aromatic carbocycles. The number of hydrogen-bond donors (Lipinski definition) is 0. The molecule has 0 aliphatic rings. The van der Waals surface area contributed by atoms with Crippen LogP contribution in [-0.2, 0) is 13.0 Å². The van der Waals surface area contributed by atoms with Crippen molar-refractivity contribution in [1.29, 1.82) is 0 Å². The standard InChI is InChI=1S/C21H16N4S3/c1-2-7-15(8-3-1)12-13-25-19(18-11-6-14-26-18)23-24-20(25)28-21-22-16-9-4-5-10-17(16)27-21/h1-11,14H,12-13H2. The van der Waals surface area contributed by atoms with Gasteiger partial charge in [-0.2, -0.15) is 0 Å². The lowest BCUT2D eigenvalue weighted by Gasteiger charge is -2.08. The van der Waals surface area contributed by atoms with Crippen LogP contribution in [0.15, 0.2) is 81.6 Å². The van der Waals surface area contributed by atoms with Crippen LogP contribution in [0, 0.1) is 0 Å². The second-order valence-corrected chi connectivity index (χ2v) is 9.41. The van der Waals surface area contributed by atoms with Gasteiger partial charge in [-0.3, -0.25) is 0 Å². The van der Waals surface area contributed by atoms with Gasteiger partial charge in [0.2, 0.25) is 0 Å². The van der Waals surface area contributed by atoms with Gasteiger partial charge in [-0.15, -0.1) is 32.9 Å². The van der Waals surface area contributed by atoms with E-state index in [1.165, 1.54) is 10.3 Å². The number of aromatic nitrogens is 4. The fourth-order valence-electron chi connectivity index (χ4n) is 3.01. The maximum Gasteiger partial charge on any atom is 0.198 e. The van der Waals surface area contributed by atoms with Crippen LogP contribution in [0.2, 0.25) is 0 Å². The van der Waals surface area contributed by atoms with Gasteiger partial charge in [0.15, 0.2) is 15.3 Å². The van der Waals surface area contributed by atoms with Crippen molar-refractivity contribution in [2.75, 3.05) is 0 Å². The molecule has 7 heteroatoms. The Bertz CT molecular complexity index is 1160. The molecule has 0 saturated heterocycles. The van der Waals surface area contributed by atoms with Crippen molar-refractivity contribution in [2.24, 2.45) is 0 Å². The molecule has 0 spiro atoms. The summed E-state index contributed by atoms with van der Waals surface area (Å²) in [6.07, 6.45) is 0.935. The Hall–Kier alpha value is -2.48. The molecule has 3 aromatic heterocycles. The van der Waals surface area contributed by atoms with E-state index in [-0.39, 0.29) is 0 Å². The zero-order chi connectivity index (χ0) is 18.8. The summed E-state index contributed by atoms with van der Waals surface area (Å²) in [5.41, 5.74) is 2.34. The predicted molar refractivity (Wildman–Crippen MR) is 117 cm³/mol. The Morgan fingerprint density at radius 1 is 0.893 bits per heavy atom. The number of aryl methyl sites for hydroxylation is 1. The fraction of sp³-hybridized carbons (Fsp3) is 0.0952. The summed E-state index contributed by atoms with van der Waals surface area (Å²) in [4.78, 5) is 5.88. The van der Waals surface area contributed by atoms with Crippen LogP contribution < -0.4 is 0 Å². The highest BCUT2D eigenvalue weighted by Crippen LogP contribution is 2.35. The van der Waals surface area contributed by atoms with Gasteiger partial charge >= 0.3 is 0 Å². The molecule has 0 aliphatic heterocycles. The summed E-state index contributed by atoms with van der Waals surface area (Å²) in [5, 5.41) is 12.0. The number of benzene rings is 2. The van der Waals surface area contributed by atoms with E-state index in [4.69, 9.17) is 4.98 Å². The van der Waals surface area contributed by atoms with Gasteiger partial charge in [0.05, 0.1) is 15.1 Å². The largest absolute Gasteiger partial charge is 0.301 e. The molecule has 0 aliphatic carbocycles. The molecular weight excluding hydrogens is 404 g/mol. The molecule has 0 amide bonds. The van der Waals surface area contributed by atoms with Gasteiger partial charge in [-0.05, 0) is 47.3 Å². The maximum absolute atomic E-state index is 4.74. The first-order valence-electron chi connectivity index (χ1n) is 8.91. The van der Waals surface area contributed by atoms with E-state index in [9.17, 15) is 0 Å². The van der Waals surface area contributed by atoms with Crippen molar-refractivity contribution >= 4 is 44.7 Å². The Balaban J connectivity index is 1.48. The van der Waals surface area contributed by atoms with Gasteiger partial charge in [-0.25, -0.2) is 4.98 Å². The number of fused-ring (bicyclic) bond motifs is 1. The second kappa shape index (κ2) is 7.87. The molecule has 0 saturated carbocycles. The molecule has 138 valence electrons. The van der Waals surface area contributed by atoms with Crippen LogP contribution in [0.25, 0.3) is 20.9 Å². The molecule has 5 aromatic rings. The average Bonchev–Trinajstić information content (AvgIpc) is 3.47. The monoisotopic (exact) mass is 420 g/mol. The maximum atomic E-state index is 4.74. The molecule has 0 bridgehead atoms. The molecular formula is C21H16N4S3. The summed E-state index contributed by atoms with van der Waals surface area (Å²) < 4.78 is 4.40. The van der Waals surface area contributed by atoms with Crippen LogP contribution >= 0.6 is 34.4 Å². The lowest BCUT2D eigenvalue weighted by atomic mass is 10.1. The first kappa shape index (κ1) is 17.6. The van der Waals surface area contributed by atoms with E-state index in [2.05, 4.69) is 62.6 Å². The van der Waals surface area contributed by atoms with Crippen LogP contribution in [0.1, 0.15) is 5.56 Å². The van der Waals surface area contributed by atoms with Crippen LogP contribution in [0.4, 0.5) is 0 Å². The third kappa shape index (κ3) is 3.61. The summed E-state index contributed by atoms with van der Waals surface area (Å²) in [6, 6.07) is 22.9. The number of thiophene rings is 1. The molecule has 0 atom stereocenters. The quantitative estimate of drug-likeness (QED) is 0.337. The number of nitrogens with zero attached hydrogens (tertiary/aromatic N) is 4. The smallest absolute Gasteiger partial charge is 0.198 e. The minimum absolute atomic E-state index is 0.831. The zero-order valence-electron chi connectivity index (χ0n) is 14.9. The summed E-state index contributed by atoms with van der Waals surface area (Å²) in [5.74, 6) is 0.926. The highest BCUT2D eigenvalue weighted by molar-refractivity contribution is 8.01. The van der Waals surface area contributed by atoms with Crippen molar-refractivity contribution in [1.82, 2.24) is 19.7 Å². The van der Waals surface area contributed by atoms with Crippen molar-refractivity contribution in [3.63, 3.8) is 0 Å². The first-order chi connectivity index (χ1) is 13.9. The van der Waals surface area contributed by atoms with Crippen molar-refractivity contribution in [2.45, 2.75) is 22.5 Å². The molecule has 0 N–H and O–H groups in total. The Morgan fingerprint density at radius 3 is 2.57 bits per heavy atom. The van der Waals surface area contributed by atoms with Gasteiger partial charge in [0.25, 0.3) is 0 Å². The minimum atomic E-state index is 0.831. The molecule has 0 unspecified atom stereocenters. The van der Waals surface area contributed by atoms with E-state index in [0.29, 0.717) is 0 Å². The summed E-state index contributed by atoms with van der Waals surface area (Å²) in [6.45, 7) is 0.831. The van der Waals surface area contributed by atoms with Crippen LogP contribution in [-0.4, -0.2) is 19.7 Å². The highest BCUT2D eigenvalue weighted by Gasteiger charge is 2.17. The van der Waals surface area contributed by atoms with E-state index < -0.39 is 0 Å². The summed E-state index contributed by atoms with van der Waals surface area (Å²) >= 11 is 4.98. The normalized spacial score (nSPS) is 11.3. The molecule has 0 fully saturated rings. The number of thiazole rings is 1. The van der Waals surface area contributed by atoms with Crippen LogP contribution in [0.5, 0.6) is 0 Å². The van der Waals surface area contributed by atoms with Gasteiger partial charge < -0.3 is 4.57 Å². The van der Waals surface area contributed by atoms with E-state index >= 15 is 0 Å². The second-order valence-electron chi connectivity index (χ2n) is 6.22. The van der Waals surface area contributed by atoms with Crippen LogP contribution in [0.3, 0.4) is 0 Å². The topological polar surface area (TPSA) is 43.6 Å². The van der Waals surface area contributed by atoms with Crippen molar-refractivity contribution in [3.8, 4) is 10.7 Å². The lowest BCUT2D eigenvalue weighted by Crippen LogP contribution is -2.04. The SMILES string of the molecule is c1ccc(CCn2c(Sc3nc4ccccc4s3)nnc2-c2cccs2)cc1. The third-order valence-electron chi connectivity index (χ3n) is 4.38. The van der Waals surface area contributed by atoms with E-state index in [0.717, 1.165) is 38.7 Å². The minimum Gasteiger partial charge on any atom is -0.301 e. The van der Waals surface area contributed by atoms with Crippen molar-refractivity contribution in [3.05, 3.63) is 77.7 Å². The lowest BCUT2D eigenvalue weighted by molar-refractivity contribution is 0.640. The molecule has 5 rings (SSSR count). The molecule has 4 nitrogen and oxygen atoms in total.